The third-order valence-corrected chi connectivity index (χ3v) is 5.61. The number of hydrogen-bond acceptors (Lipinski definition) is 6. The topological polar surface area (TPSA) is 70.3 Å². The van der Waals surface area contributed by atoms with Crippen LogP contribution in [-0.4, -0.2) is 23.3 Å². The quantitative estimate of drug-likeness (QED) is 0.749. The van der Waals surface area contributed by atoms with Crippen molar-refractivity contribution < 1.29 is 9.47 Å². The van der Waals surface area contributed by atoms with E-state index >= 15 is 0 Å². The largest absolute Gasteiger partial charge is 0.454 e. The van der Waals surface area contributed by atoms with E-state index < -0.39 is 0 Å². The predicted octanol–water partition coefficient (Wildman–Crippen LogP) is 4.05. The molecule has 1 aliphatic rings. The van der Waals surface area contributed by atoms with Gasteiger partial charge in [0.25, 0.3) is 0 Å². The Hall–Kier alpha value is -2.44. The molecular formula is C19H19N3O2S. The summed E-state index contributed by atoms with van der Waals surface area (Å²) in [4.78, 5) is 10.3. The summed E-state index contributed by atoms with van der Waals surface area (Å²) in [5.41, 5.74) is 8.90. The second kappa shape index (κ2) is 6.82. The first-order chi connectivity index (χ1) is 12.3. The lowest BCUT2D eigenvalue weighted by Gasteiger charge is -2.10. The highest BCUT2D eigenvalue weighted by molar-refractivity contribution is 7.15. The average Bonchev–Trinajstić information content (AvgIpc) is 3.29. The zero-order chi connectivity index (χ0) is 17.2. The maximum Gasteiger partial charge on any atom is 0.231 e. The van der Waals surface area contributed by atoms with E-state index in [-0.39, 0.29) is 6.79 Å². The lowest BCUT2D eigenvalue weighted by atomic mass is 10.0. The van der Waals surface area contributed by atoms with Gasteiger partial charge in [0.15, 0.2) is 11.5 Å². The van der Waals surface area contributed by atoms with Crippen molar-refractivity contribution in [3.05, 3.63) is 47.6 Å². The molecule has 0 bridgehead atoms. The molecule has 1 unspecified atom stereocenters. The number of aromatic nitrogens is 2. The van der Waals surface area contributed by atoms with Crippen LogP contribution in [0.1, 0.15) is 24.1 Å². The highest BCUT2D eigenvalue weighted by atomic mass is 32.1. The van der Waals surface area contributed by atoms with Gasteiger partial charge in [-0.05, 0) is 49.2 Å². The molecule has 0 radical (unpaired) electrons. The van der Waals surface area contributed by atoms with Gasteiger partial charge in [-0.25, -0.2) is 4.98 Å². The predicted molar refractivity (Wildman–Crippen MR) is 99.0 cm³/mol. The summed E-state index contributed by atoms with van der Waals surface area (Å²) < 4.78 is 10.9. The summed E-state index contributed by atoms with van der Waals surface area (Å²) in [6.07, 6.45) is 4.51. The van der Waals surface area contributed by atoms with Gasteiger partial charge in [0, 0.05) is 28.4 Å². The summed E-state index contributed by atoms with van der Waals surface area (Å²) in [6, 6.07) is 9.96. The van der Waals surface area contributed by atoms with Gasteiger partial charge in [-0.15, -0.1) is 11.3 Å². The third-order valence-electron chi connectivity index (χ3n) is 4.27. The molecule has 0 spiro atoms. The molecule has 0 fully saturated rings. The van der Waals surface area contributed by atoms with Crippen molar-refractivity contribution in [1.82, 2.24) is 9.97 Å². The maximum absolute atomic E-state index is 5.79. The van der Waals surface area contributed by atoms with Crippen LogP contribution in [0, 0.1) is 0 Å². The fraction of sp³-hybridized carbons (Fsp3) is 0.263. The van der Waals surface area contributed by atoms with Crippen LogP contribution in [0.25, 0.3) is 21.8 Å². The van der Waals surface area contributed by atoms with Gasteiger partial charge in [-0.3, -0.25) is 4.98 Å². The Bertz CT molecular complexity index is 880. The highest BCUT2D eigenvalue weighted by Crippen LogP contribution is 2.42. The normalized spacial score (nSPS) is 13.8. The molecule has 2 N–H and O–H groups in total. The first kappa shape index (κ1) is 16.1. The highest BCUT2D eigenvalue weighted by Gasteiger charge is 2.21. The second-order valence-electron chi connectivity index (χ2n) is 6.01. The number of ether oxygens (including phenoxy) is 2. The number of thiazole rings is 1. The van der Waals surface area contributed by atoms with Crippen LogP contribution in [0.3, 0.4) is 0 Å². The Balaban J connectivity index is 1.81. The minimum Gasteiger partial charge on any atom is -0.454 e. The van der Waals surface area contributed by atoms with Crippen LogP contribution in [0.2, 0.25) is 0 Å². The fourth-order valence-electron chi connectivity index (χ4n) is 2.92. The van der Waals surface area contributed by atoms with Gasteiger partial charge >= 0.3 is 0 Å². The fourth-order valence-corrected chi connectivity index (χ4v) is 4.09. The van der Waals surface area contributed by atoms with Crippen molar-refractivity contribution in [3.63, 3.8) is 0 Å². The number of rotatable bonds is 5. The van der Waals surface area contributed by atoms with E-state index in [4.69, 9.17) is 20.2 Å². The Morgan fingerprint density at radius 1 is 1.12 bits per heavy atom. The van der Waals surface area contributed by atoms with Crippen molar-refractivity contribution >= 4 is 11.3 Å². The summed E-state index contributed by atoms with van der Waals surface area (Å²) >= 11 is 1.72. The molecule has 1 aliphatic heterocycles. The van der Waals surface area contributed by atoms with Crippen LogP contribution in [0.4, 0.5) is 0 Å². The van der Waals surface area contributed by atoms with Crippen LogP contribution in [-0.2, 0) is 0 Å². The number of nitrogens with two attached hydrogens (primary N) is 1. The Morgan fingerprint density at radius 2 is 1.92 bits per heavy atom. The molecule has 0 amide bonds. The standard InChI is InChI=1S/C19H19N3O2S/c1-12(4-7-20)18-17(14-2-3-15-16(10-14)24-11-23-15)22-19(25-18)13-5-8-21-9-6-13/h2-3,5-6,8-10,12H,4,7,11,20H2,1H3. The van der Waals surface area contributed by atoms with Crippen molar-refractivity contribution in [2.45, 2.75) is 19.3 Å². The van der Waals surface area contributed by atoms with E-state index in [1.165, 1.54) is 4.88 Å². The molecule has 0 aliphatic carbocycles. The molecule has 5 nitrogen and oxygen atoms in total. The van der Waals surface area contributed by atoms with Crippen LogP contribution < -0.4 is 15.2 Å². The SMILES string of the molecule is CC(CCN)c1sc(-c2ccncc2)nc1-c1ccc2c(c1)OCO2. The van der Waals surface area contributed by atoms with Gasteiger partial charge in [0.1, 0.15) is 5.01 Å². The van der Waals surface area contributed by atoms with Crippen molar-refractivity contribution in [2.75, 3.05) is 13.3 Å². The Labute approximate surface area is 150 Å². The maximum atomic E-state index is 5.79. The zero-order valence-corrected chi connectivity index (χ0v) is 14.8. The van der Waals surface area contributed by atoms with Crippen molar-refractivity contribution in [2.24, 2.45) is 5.73 Å². The van der Waals surface area contributed by atoms with Gasteiger partial charge in [-0.1, -0.05) is 6.92 Å². The minimum absolute atomic E-state index is 0.272. The van der Waals surface area contributed by atoms with Crippen molar-refractivity contribution in [3.8, 4) is 33.3 Å². The smallest absolute Gasteiger partial charge is 0.231 e. The number of hydrogen-bond donors (Lipinski definition) is 1. The number of nitrogens with zero attached hydrogens (tertiary/aromatic N) is 2. The first-order valence-electron chi connectivity index (χ1n) is 8.27. The van der Waals surface area contributed by atoms with Crippen LogP contribution in [0.15, 0.2) is 42.7 Å². The monoisotopic (exact) mass is 353 g/mol. The first-order valence-corrected chi connectivity index (χ1v) is 9.09. The number of fused-ring (bicyclic) bond motifs is 1. The second-order valence-corrected chi connectivity index (χ2v) is 7.04. The van der Waals surface area contributed by atoms with E-state index in [0.717, 1.165) is 39.7 Å². The van der Waals surface area contributed by atoms with Gasteiger partial charge in [0.05, 0.1) is 5.69 Å². The molecule has 2 aromatic heterocycles. The van der Waals surface area contributed by atoms with Crippen molar-refractivity contribution in [1.29, 1.82) is 0 Å². The molecule has 3 aromatic rings. The van der Waals surface area contributed by atoms with Gasteiger partial charge < -0.3 is 15.2 Å². The molecule has 3 heterocycles. The summed E-state index contributed by atoms with van der Waals surface area (Å²) in [7, 11) is 0. The molecule has 0 saturated carbocycles. The average molecular weight is 353 g/mol. The lowest BCUT2D eigenvalue weighted by molar-refractivity contribution is 0.174. The molecular weight excluding hydrogens is 334 g/mol. The zero-order valence-electron chi connectivity index (χ0n) is 13.9. The molecule has 4 rings (SSSR count). The van der Waals surface area contributed by atoms with Crippen LogP contribution >= 0.6 is 11.3 Å². The Morgan fingerprint density at radius 3 is 2.72 bits per heavy atom. The van der Waals surface area contributed by atoms with E-state index in [0.29, 0.717) is 12.5 Å². The summed E-state index contributed by atoms with van der Waals surface area (Å²) in [5.74, 6) is 1.90. The van der Waals surface area contributed by atoms with E-state index in [1.54, 1.807) is 23.7 Å². The molecule has 1 atom stereocenters. The molecule has 1 aromatic carbocycles. The van der Waals surface area contributed by atoms with Gasteiger partial charge in [0.2, 0.25) is 6.79 Å². The summed E-state index contributed by atoms with van der Waals surface area (Å²) in [6.45, 7) is 3.13. The lowest BCUT2D eigenvalue weighted by Crippen LogP contribution is -2.04. The molecule has 0 saturated heterocycles. The van der Waals surface area contributed by atoms with E-state index in [9.17, 15) is 0 Å². The van der Waals surface area contributed by atoms with E-state index in [1.807, 2.05) is 30.3 Å². The number of pyridine rings is 1. The number of benzene rings is 1. The third kappa shape index (κ3) is 3.10. The molecule has 25 heavy (non-hydrogen) atoms. The Kier molecular flexibility index (Phi) is 4.38. The minimum atomic E-state index is 0.272. The van der Waals surface area contributed by atoms with Gasteiger partial charge in [-0.2, -0.15) is 0 Å². The summed E-state index contributed by atoms with van der Waals surface area (Å²) in [5, 5.41) is 0.994. The molecule has 128 valence electrons. The van der Waals surface area contributed by atoms with Crippen LogP contribution in [0.5, 0.6) is 11.5 Å². The van der Waals surface area contributed by atoms with E-state index in [2.05, 4.69) is 11.9 Å². The molecule has 6 heteroatoms.